The highest BCUT2D eigenvalue weighted by atomic mass is 35.5. The molecule has 6 rings (SSSR count). The highest BCUT2D eigenvalue weighted by Crippen LogP contribution is 2.26. The molecule has 10 nitrogen and oxygen atoms in total. The van der Waals surface area contributed by atoms with Gasteiger partial charge in [-0.1, -0.05) is 29.8 Å². The summed E-state index contributed by atoms with van der Waals surface area (Å²) in [7, 11) is 0. The van der Waals surface area contributed by atoms with Crippen LogP contribution >= 0.6 is 11.6 Å². The number of benzene rings is 1. The number of oxazole rings is 1. The van der Waals surface area contributed by atoms with Crippen LogP contribution in [0.1, 0.15) is 40.6 Å². The molecule has 0 bridgehead atoms. The van der Waals surface area contributed by atoms with E-state index in [4.69, 9.17) is 25.5 Å². The van der Waals surface area contributed by atoms with Crippen molar-refractivity contribution in [3.05, 3.63) is 76.3 Å². The Labute approximate surface area is 227 Å². The number of aromatic carboxylic acids is 1. The molecule has 1 unspecified atom stereocenters. The van der Waals surface area contributed by atoms with Crippen molar-refractivity contribution in [2.75, 3.05) is 19.7 Å². The van der Waals surface area contributed by atoms with Crippen LogP contribution < -0.4 is 4.74 Å². The van der Waals surface area contributed by atoms with Crippen LogP contribution in [0, 0.1) is 5.82 Å². The molecule has 1 fully saturated rings. The average Bonchev–Trinajstić information content (AvgIpc) is 3.45. The van der Waals surface area contributed by atoms with Gasteiger partial charge in [-0.25, -0.2) is 14.2 Å². The second kappa shape index (κ2) is 10.8. The van der Waals surface area contributed by atoms with Crippen molar-refractivity contribution in [2.45, 2.75) is 38.6 Å². The van der Waals surface area contributed by atoms with E-state index < -0.39 is 11.8 Å². The number of aromatic nitrogens is 4. The third-order valence-electron chi connectivity index (χ3n) is 6.85. The van der Waals surface area contributed by atoms with Crippen LogP contribution in [-0.4, -0.2) is 61.3 Å². The number of carbonyl (C=O) groups is 1. The number of hydrogen-bond acceptors (Lipinski definition) is 8. The molecule has 1 N–H and O–H groups in total. The first kappa shape index (κ1) is 25.5. The summed E-state index contributed by atoms with van der Waals surface area (Å²) in [6.45, 7) is 3.32. The number of carboxylic acids is 1. The first-order valence-corrected chi connectivity index (χ1v) is 13.0. The zero-order valence-corrected chi connectivity index (χ0v) is 21.6. The van der Waals surface area contributed by atoms with Crippen LogP contribution in [0.3, 0.4) is 0 Å². The Hall–Kier alpha value is -3.80. The molecule has 0 amide bonds. The zero-order valence-electron chi connectivity index (χ0n) is 20.8. The second-order valence-electron chi connectivity index (χ2n) is 9.47. The van der Waals surface area contributed by atoms with Crippen LogP contribution in [0.25, 0.3) is 16.9 Å². The fourth-order valence-corrected chi connectivity index (χ4v) is 4.80. The Balaban J connectivity index is 1.13. The molecule has 39 heavy (non-hydrogen) atoms. The van der Waals surface area contributed by atoms with Crippen molar-refractivity contribution < 1.29 is 28.2 Å². The summed E-state index contributed by atoms with van der Waals surface area (Å²) < 4.78 is 32.7. The molecular formula is C27H25ClFN5O5. The Morgan fingerprint density at radius 3 is 2.82 bits per heavy atom. The van der Waals surface area contributed by atoms with Crippen LogP contribution in [0.4, 0.5) is 4.39 Å². The van der Waals surface area contributed by atoms with Crippen LogP contribution in [0.2, 0.25) is 5.02 Å². The lowest BCUT2D eigenvalue weighted by atomic mass is 10.0. The van der Waals surface area contributed by atoms with Crippen molar-refractivity contribution in [3.63, 3.8) is 0 Å². The molecule has 2 aliphatic heterocycles. The quantitative estimate of drug-likeness (QED) is 0.318. The normalized spacial score (nSPS) is 17.7. The van der Waals surface area contributed by atoms with Gasteiger partial charge in [-0.15, -0.1) is 0 Å². The summed E-state index contributed by atoms with van der Waals surface area (Å²) in [6.07, 6.45) is 3.88. The van der Waals surface area contributed by atoms with E-state index >= 15 is 0 Å². The van der Waals surface area contributed by atoms with Gasteiger partial charge < -0.3 is 23.6 Å². The van der Waals surface area contributed by atoms with Gasteiger partial charge in [0.15, 0.2) is 0 Å². The fraction of sp³-hybridized carbons (Fsp3) is 0.333. The van der Waals surface area contributed by atoms with Gasteiger partial charge >= 0.3 is 11.9 Å². The number of carboxylic acid groups (broad SMARTS) is 1. The zero-order chi connectivity index (χ0) is 26.9. The number of nitrogens with zero attached hydrogens (tertiary/aromatic N) is 5. The monoisotopic (exact) mass is 553 g/mol. The van der Waals surface area contributed by atoms with Gasteiger partial charge in [-0.05, 0) is 36.6 Å². The first-order chi connectivity index (χ1) is 18.9. The van der Waals surface area contributed by atoms with E-state index in [1.165, 1.54) is 6.07 Å². The largest absolute Gasteiger partial charge is 0.474 e. The minimum atomic E-state index is -1.23. The maximum absolute atomic E-state index is 14.1. The number of hydrogen-bond donors (Lipinski definition) is 1. The third-order valence-corrected chi connectivity index (χ3v) is 7.09. The van der Waals surface area contributed by atoms with Gasteiger partial charge in [-0.2, -0.15) is 9.97 Å². The average molecular weight is 554 g/mol. The third kappa shape index (κ3) is 5.51. The molecule has 0 saturated carbocycles. The molecule has 0 aliphatic carbocycles. The molecule has 5 heterocycles. The Morgan fingerprint density at radius 2 is 2.10 bits per heavy atom. The van der Waals surface area contributed by atoms with E-state index in [1.54, 1.807) is 18.2 Å². The summed E-state index contributed by atoms with van der Waals surface area (Å²) in [5, 5.41) is 9.58. The lowest BCUT2D eigenvalue weighted by molar-refractivity contribution is -0.0592. The standard InChI is InChI=1S/C27H25ClFN5O5/c28-18-5-4-17(20(29)12-18)15-38-23-3-1-2-21(30-23)16-6-9-33(10-7-16)14-22-31-25-24(32-26(39-25)27(35)36)34(22)13-19-8-11-37-19/h1-6,12,19H,7-11,13-15H2,(H,35,36). The molecule has 1 saturated heterocycles. The number of imidazole rings is 1. The van der Waals surface area contributed by atoms with Crippen LogP contribution in [0.15, 0.2) is 46.9 Å². The summed E-state index contributed by atoms with van der Waals surface area (Å²) >= 11 is 5.82. The predicted octanol–water partition coefficient (Wildman–Crippen LogP) is 4.57. The van der Waals surface area contributed by atoms with Gasteiger partial charge in [0.25, 0.3) is 5.71 Å². The number of halogens is 2. The molecular weight excluding hydrogens is 529 g/mol. The Morgan fingerprint density at radius 1 is 1.23 bits per heavy atom. The van der Waals surface area contributed by atoms with Gasteiger partial charge in [0.1, 0.15) is 18.2 Å². The number of pyridine rings is 1. The van der Waals surface area contributed by atoms with Gasteiger partial charge in [0.05, 0.1) is 24.9 Å². The number of fused-ring (bicyclic) bond motifs is 1. The lowest BCUT2D eigenvalue weighted by Gasteiger charge is -2.29. The Kier molecular flexibility index (Phi) is 7.03. The van der Waals surface area contributed by atoms with Crippen molar-refractivity contribution >= 4 is 34.5 Å². The van der Waals surface area contributed by atoms with E-state index in [2.05, 4.69) is 25.9 Å². The van der Waals surface area contributed by atoms with Gasteiger partial charge in [0.2, 0.25) is 11.5 Å². The second-order valence-corrected chi connectivity index (χ2v) is 9.91. The molecule has 0 spiro atoms. The molecule has 1 aromatic carbocycles. The topological polar surface area (TPSA) is 116 Å². The fourth-order valence-electron chi connectivity index (χ4n) is 4.64. The molecule has 1 atom stereocenters. The SMILES string of the molecule is O=C(O)c1nc2c(nc(CN3CC=C(c4cccc(OCc5ccc(Cl)cc5F)n4)CC3)n2CC2CCO2)o1. The molecule has 3 aromatic heterocycles. The first-order valence-electron chi connectivity index (χ1n) is 12.6. The maximum Gasteiger partial charge on any atom is 0.392 e. The Bertz CT molecular complexity index is 1560. The van der Waals surface area contributed by atoms with Gasteiger partial charge in [-0.3, -0.25) is 4.90 Å². The minimum Gasteiger partial charge on any atom is -0.474 e. The number of ether oxygens (including phenoxy) is 2. The number of rotatable bonds is 9. The highest BCUT2D eigenvalue weighted by Gasteiger charge is 2.27. The van der Waals surface area contributed by atoms with E-state index in [0.29, 0.717) is 41.7 Å². The van der Waals surface area contributed by atoms with Crippen LogP contribution in [0.5, 0.6) is 5.88 Å². The van der Waals surface area contributed by atoms with E-state index in [1.807, 2.05) is 16.7 Å². The summed E-state index contributed by atoms with van der Waals surface area (Å²) in [5.41, 5.74) is 2.96. The predicted molar refractivity (Wildman–Crippen MR) is 139 cm³/mol. The molecule has 202 valence electrons. The van der Waals surface area contributed by atoms with Crippen LogP contribution in [-0.2, 0) is 24.4 Å². The minimum absolute atomic E-state index is 0.0516. The van der Waals surface area contributed by atoms with E-state index in [-0.39, 0.29) is 24.3 Å². The van der Waals surface area contributed by atoms with Crippen molar-refractivity contribution in [3.8, 4) is 5.88 Å². The van der Waals surface area contributed by atoms with E-state index in [9.17, 15) is 14.3 Å². The summed E-state index contributed by atoms with van der Waals surface area (Å²) in [5.74, 6) is -0.843. The molecule has 12 heteroatoms. The van der Waals surface area contributed by atoms with Gasteiger partial charge in [0, 0.05) is 36.3 Å². The highest BCUT2D eigenvalue weighted by molar-refractivity contribution is 6.30. The maximum atomic E-state index is 14.1. The lowest BCUT2D eigenvalue weighted by Crippen LogP contribution is -2.33. The smallest absolute Gasteiger partial charge is 0.392 e. The molecule has 4 aromatic rings. The summed E-state index contributed by atoms with van der Waals surface area (Å²) in [4.78, 5) is 26.9. The van der Waals surface area contributed by atoms with E-state index in [0.717, 1.165) is 43.1 Å². The molecule has 0 radical (unpaired) electrons. The van der Waals surface area contributed by atoms with Crippen molar-refractivity contribution in [2.24, 2.45) is 0 Å². The summed E-state index contributed by atoms with van der Waals surface area (Å²) in [6, 6.07) is 10.0. The molecule has 2 aliphatic rings. The van der Waals surface area contributed by atoms with Crippen molar-refractivity contribution in [1.82, 2.24) is 24.4 Å². The van der Waals surface area contributed by atoms with Crippen molar-refractivity contribution in [1.29, 1.82) is 0 Å².